The third kappa shape index (κ3) is 10.0. The van der Waals surface area contributed by atoms with E-state index in [1.165, 1.54) is 12.5 Å². The van der Waals surface area contributed by atoms with E-state index < -0.39 is 47.9 Å². The van der Waals surface area contributed by atoms with Gasteiger partial charge in [-0.25, -0.2) is 9.78 Å². The van der Waals surface area contributed by atoms with Crippen molar-refractivity contribution in [2.24, 2.45) is 23.3 Å². The molecule has 9 N–H and O–H groups in total. The molecule has 1 rings (SSSR count). The number of imidazole rings is 1. The molecule has 198 valence electrons. The second-order valence-electron chi connectivity index (χ2n) is 9.17. The Morgan fingerprint density at radius 1 is 1.03 bits per heavy atom. The zero-order valence-electron chi connectivity index (χ0n) is 21.0. The maximum atomic E-state index is 13.2. The molecule has 5 unspecified atom stereocenters. The normalized spacial score (nSPS) is 15.5. The number of rotatable bonds is 16. The van der Waals surface area contributed by atoms with E-state index in [0.717, 1.165) is 0 Å². The molecule has 0 radical (unpaired) electrons. The van der Waals surface area contributed by atoms with Gasteiger partial charge >= 0.3 is 5.97 Å². The first-order chi connectivity index (χ1) is 16.5. The third-order valence-corrected chi connectivity index (χ3v) is 5.98. The van der Waals surface area contributed by atoms with Gasteiger partial charge in [0.2, 0.25) is 17.7 Å². The Kier molecular flexibility index (Phi) is 13.0. The van der Waals surface area contributed by atoms with Gasteiger partial charge in [-0.15, -0.1) is 0 Å². The Hall–Kier alpha value is -2.99. The highest BCUT2D eigenvalue weighted by Crippen LogP contribution is 2.09. The number of carboxylic acid groups (broad SMARTS) is 1. The van der Waals surface area contributed by atoms with Crippen LogP contribution in [-0.4, -0.2) is 69.5 Å². The van der Waals surface area contributed by atoms with E-state index in [4.69, 9.17) is 11.5 Å². The lowest BCUT2D eigenvalue weighted by atomic mass is 9.98. The fraction of sp³-hybridized carbons (Fsp3) is 0.696. The van der Waals surface area contributed by atoms with Gasteiger partial charge in [-0.1, -0.05) is 34.1 Å². The summed E-state index contributed by atoms with van der Waals surface area (Å²) in [5.41, 5.74) is 12.2. The second-order valence-corrected chi connectivity index (χ2v) is 9.17. The van der Waals surface area contributed by atoms with Crippen LogP contribution >= 0.6 is 0 Å². The summed E-state index contributed by atoms with van der Waals surface area (Å²) in [6.07, 6.45) is 5.25. The van der Waals surface area contributed by atoms with Crippen LogP contribution in [0, 0.1) is 11.8 Å². The maximum Gasteiger partial charge on any atom is 0.326 e. The molecule has 5 atom stereocenters. The van der Waals surface area contributed by atoms with E-state index in [2.05, 4.69) is 25.9 Å². The summed E-state index contributed by atoms with van der Waals surface area (Å²) in [5.74, 6) is -3.30. The minimum absolute atomic E-state index is 0.0534. The number of aliphatic carboxylic acids is 1. The van der Waals surface area contributed by atoms with E-state index in [0.29, 0.717) is 37.9 Å². The number of carboxylic acids is 1. The van der Waals surface area contributed by atoms with Crippen molar-refractivity contribution >= 4 is 23.7 Å². The predicted molar refractivity (Wildman–Crippen MR) is 131 cm³/mol. The number of carbonyl (C=O) groups excluding carboxylic acids is 3. The van der Waals surface area contributed by atoms with E-state index in [-0.39, 0.29) is 18.3 Å². The number of nitrogens with two attached hydrogens (primary N) is 2. The number of amides is 3. The molecule has 0 spiro atoms. The Labute approximate surface area is 206 Å². The fourth-order valence-corrected chi connectivity index (χ4v) is 3.41. The second kappa shape index (κ2) is 15.1. The summed E-state index contributed by atoms with van der Waals surface area (Å²) in [6, 6.07) is -3.93. The number of hydrogen-bond acceptors (Lipinski definition) is 7. The number of H-pyrrole nitrogens is 1. The summed E-state index contributed by atoms with van der Waals surface area (Å²) >= 11 is 0. The van der Waals surface area contributed by atoms with Gasteiger partial charge in [0, 0.05) is 18.3 Å². The molecule has 0 aliphatic heterocycles. The van der Waals surface area contributed by atoms with Crippen LogP contribution in [0.5, 0.6) is 0 Å². The first kappa shape index (κ1) is 30.0. The molecule has 0 bridgehead atoms. The van der Waals surface area contributed by atoms with Gasteiger partial charge in [0.1, 0.15) is 18.1 Å². The molecule has 0 fully saturated rings. The van der Waals surface area contributed by atoms with Gasteiger partial charge in [-0.2, -0.15) is 0 Å². The molecule has 0 aliphatic rings. The van der Waals surface area contributed by atoms with Crippen molar-refractivity contribution in [1.29, 1.82) is 0 Å². The molecular formula is C23H41N7O5. The summed E-state index contributed by atoms with van der Waals surface area (Å²) in [7, 11) is 0. The number of unbranched alkanes of at least 4 members (excludes halogenated alkanes) is 1. The molecule has 1 aromatic heterocycles. The van der Waals surface area contributed by atoms with Gasteiger partial charge < -0.3 is 37.5 Å². The highest BCUT2D eigenvalue weighted by atomic mass is 16.4. The Bertz CT molecular complexity index is 815. The zero-order valence-corrected chi connectivity index (χ0v) is 21.0. The van der Waals surface area contributed by atoms with E-state index >= 15 is 0 Å². The van der Waals surface area contributed by atoms with Gasteiger partial charge in [-0.05, 0) is 37.6 Å². The smallest absolute Gasteiger partial charge is 0.326 e. The van der Waals surface area contributed by atoms with Crippen molar-refractivity contribution in [1.82, 2.24) is 25.9 Å². The highest BCUT2D eigenvalue weighted by Gasteiger charge is 2.32. The first-order valence-corrected chi connectivity index (χ1v) is 12.1. The van der Waals surface area contributed by atoms with Crippen molar-refractivity contribution in [3.8, 4) is 0 Å². The third-order valence-electron chi connectivity index (χ3n) is 5.98. The molecule has 1 heterocycles. The lowest BCUT2D eigenvalue weighted by Crippen LogP contribution is -2.58. The van der Waals surface area contributed by atoms with Crippen LogP contribution in [0.25, 0.3) is 0 Å². The van der Waals surface area contributed by atoms with Gasteiger partial charge in [0.25, 0.3) is 0 Å². The summed E-state index contributed by atoms with van der Waals surface area (Å²) < 4.78 is 0. The lowest BCUT2D eigenvalue weighted by Gasteiger charge is -2.26. The number of nitrogens with one attached hydrogen (secondary N) is 4. The van der Waals surface area contributed by atoms with Gasteiger partial charge in [0.05, 0.1) is 12.4 Å². The number of nitrogens with zero attached hydrogens (tertiary/aromatic N) is 1. The minimum Gasteiger partial charge on any atom is -0.480 e. The van der Waals surface area contributed by atoms with Crippen LogP contribution in [0.1, 0.15) is 59.1 Å². The number of aromatic nitrogens is 2. The maximum absolute atomic E-state index is 13.2. The molecule has 1 aromatic rings. The predicted octanol–water partition coefficient (Wildman–Crippen LogP) is -0.350. The molecule has 12 heteroatoms. The van der Waals surface area contributed by atoms with E-state index in [1.807, 2.05) is 13.8 Å². The van der Waals surface area contributed by atoms with Crippen LogP contribution in [0.4, 0.5) is 0 Å². The van der Waals surface area contributed by atoms with Crippen molar-refractivity contribution in [2.75, 3.05) is 6.54 Å². The molecule has 0 aromatic carbocycles. The average molecular weight is 496 g/mol. The van der Waals surface area contributed by atoms with Crippen molar-refractivity contribution in [3.63, 3.8) is 0 Å². The first-order valence-electron chi connectivity index (χ1n) is 12.1. The molecular weight excluding hydrogens is 454 g/mol. The molecule has 35 heavy (non-hydrogen) atoms. The van der Waals surface area contributed by atoms with E-state index in [1.54, 1.807) is 13.8 Å². The zero-order chi connectivity index (χ0) is 26.5. The topological polar surface area (TPSA) is 205 Å². The largest absolute Gasteiger partial charge is 0.480 e. The van der Waals surface area contributed by atoms with Crippen LogP contribution in [0.3, 0.4) is 0 Å². The van der Waals surface area contributed by atoms with Crippen molar-refractivity contribution in [3.05, 3.63) is 18.2 Å². The lowest BCUT2D eigenvalue weighted by molar-refractivity contribution is -0.143. The fourth-order valence-electron chi connectivity index (χ4n) is 3.41. The average Bonchev–Trinajstić information content (AvgIpc) is 3.32. The Morgan fingerprint density at radius 2 is 1.66 bits per heavy atom. The molecule has 12 nitrogen and oxygen atoms in total. The standard InChI is InChI=1S/C23H41N7O5/c1-5-14(4)18(25)22(33)28-16(8-6-7-9-24)20(31)29-17(10-15-11-26-12-27-15)21(32)30-19(13(2)3)23(34)35/h11-14,16-19H,5-10,24-25H2,1-4H3,(H,26,27)(H,28,33)(H,29,31)(H,30,32)(H,34,35). The summed E-state index contributed by atoms with van der Waals surface area (Å²) in [5, 5.41) is 17.3. The molecule has 0 aliphatic carbocycles. The van der Waals surface area contributed by atoms with Crippen LogP contribution in [-0.2, 0) is 25.6 Å². The van der Waals surface area contributed by atoms with E-state index in [9.17, 15) is 24.3 Å². The Morgan fingerprint density at radius 3 is 2.17 bits per heavy atom. The van der Waals surface area contributed by atoms with Crippen LogP contribution in [0.2, 0.25) is 0 Å². The SMILES string of the molecule is CCC(C)C(N)C(=O)NC(CCCCN)C(=O)NC(Cc1cnc[nH]1)C(=O)NC(C(=O)O)C(C)C. The highest BCUT2D eigenvalue weighted by molar-refractivity contribution is 5.94. The van der Waals surface area contributed by atoms with Crippen LogP contribution < -0.4 is 27.4 Å². The van der Waals surface area contributed by atoms with Crippen molar-refractivity contribution in [2.45, 2.75) is 84.0 Å². The molecule has 0 saturated carbocycles. The molecule has 3 amide bonds. The van der Waals surface area contributed by atoms with Crippen molar-refractivity contribution < 1.29 is 24.3 Å². The monoisotopic (exact) mass is 495 g/mol. The number of aromatic amines is 1. The van der Waals surface area contributed by atoms with Gasteiger partial charge in [0.15, 0.2) is 0 Å². The number of carbonyl (C=O) groups is 4. The summed E-state index contributed by atoms with van der Waals surface area (Å²) in [6.45, 7) is 7.55. The minimum atomic E-state index is -1.18. The molecule has 0 saturated heterocycles. The van der Waals surface area contributed by atoms with Crippen LogP contribution in [0.15, 0.2) is 12.5 Å². The van der Waals surface area contributed by atoms with Gasteiger partial charge in [-0.3, -0.25) is 14.4 Å². The Balaban J connectivity index is 3.07. The number of hydrogen-bond donors (Lipinski definition) is 7. The summed E-state index contributed by atoms with van der Waals surface area (Å²) in [4.78, 5) is 57.3. The quantitative estimate of drug-likeness (QED) is 0.150.